The summed E-state index contributed by atoms with van der Waals surface area (Å²) in [6.45, 7) is 7.00. The van der Waals surface area contributed by atoms with E-state index in [4.69, 9.17) is 0 Å². The quantitative estimate of drug-likeness (QED) is 0.672. The smallest absolute Gasteiger partial charge is 0.232 e. The minimum absolute atomic E-state index is 0.0259. The van der Waals surface area contributed by atoms with Gasteiger partial charge < -0.3 is 15.1 Å². The van der Waals surface area contributed by atoms with Crippen molar-refractivity contribution in [2.75, 3.05) is 33.2 Å². The zero-order chi connectivity index (χ0) is 12.1. The summed E-state index contributed by atoms with van der Waals surface area (Å²) in [4.78, 5) is 27.1. The number of nitrogens with one attached hydrogen (secondary N) is 1. The summed E-state index contributed by atoms with van der Waals surface area (Å²) in [5.41, 5.74) is 0. The van der Waals surface area contributed by atoms with Crippen molar-refractivity contribution in [2.45, 2.75) is 26.3 Å². The fourth-order valence-corrected chi connectivity index (χ4v) is 1.68. The van der Waals surface area contributed by atoms with E-state index in [-0.39, 0.29) is 24.3 Å². The molecule has 92 valence electrons. The number of piperazine rings is 1. The molecule has 1 saturated heterocycles. The molecule has 5 nitrogen and oxygen atoms in total. The van der Waals surface area contributed by atoms with Gasteiger partial charge in [-0.15, -0.1) is 0 Å². The van der Waals surface area contributed by atoms with Crippen molar-refractivity contribution in [3.8, 4) is 0 Å². The molecule has 0 atom stereocenters. The maximum absolute atomic E-state index is 11.7. The predicted molar refractivity (Wildman–Crippen MR) is 62.0 cm³/mol. The number of carbonyl (C=O) groups is 2. The van der Waals surface area contributed by atoms with E-state index in [0.29, 0.717) is 0 Å². The number of hydrogen-bond acceptors (Lipinski definition) is 3. The number of nitrogens with zero attached hydrogens (tertiary/aromatic N) is 2. The van der Waals surface area contributed by atoms with Gasteiger partial charge in [-0.2, -0.15) is 0 Å². The van der Waals surface area contributed by atoms with Crippen LogP contribution < -0.4 is 5.32 Å². The lowest BCUT2D eigenvalue weighted by Crippen LogP contribution is -2.48. The minimum atomic E-state index is -0.182. The molecule has 1 N–H and O–H groups in total. The van der Waals surface area contributed by atoms with E-state index in [2.05, 4.69) is 10.2 Å². The standard InChI is InChI=1S/C11H21N3O2/c1-9(2)12-10(15)8-11(16)14-6-4-13(3)5-7-14/h9H,4-8H2,1-3H3,(H,12,15). The van der Waals surface area contributed by atoms with Crippen molar-refractivity contribution in [2.24, 2.45) is 0 Å². The lowest BCUT2D eigenvalue weighted by atomic mass is 10.2. The fourth-order valence-electron chi connectivity index (χ4n) is 1.68. The van der Waals surface area contributed by atoms with Crippen LogP contribution in [0.25, 0.3) is 0 Å². The molecule has 0 aromatic rings. The average molecular weight is 227 g/mol. The van der Waals surface area contributed by atoms with Crippen LogP contribution in [-0.2, 0) is 9.59 Å². The molecule has 16 heavy (non-hydrogen) atoms. The van der Waals surface area contributed by atoms with Gasteiger partial charge in [-0.3, -0.25) is 9.59 Å². The van der Waals surface area contributed by atoms with Gasteiger partial charge in [-0.1, -0.05) is 0 Å². The van der Waals surface area contributed by atoms with Gasteiger partial charge in [0.1, 0.15) is 6.42 Å². The minimum Gasteiger partial charge on any atom is -0.353 e. The maximum atomic E-state index is 11.7. The van der Waals surface area contributed by atoms with Crippen LogP contribution in [0.15, 0.2) is 0 Å². The zero-order valence-corrected chi connectivity index (χ0v) is 10.3. The first kappa shape index (κ1) is 13.0. The second-order valence-corrected chi connectivity index (χ2v) is 4.58. The van der Waals surface area contributed by atoms with Gasteiger partial charge in [0.25, 0.3) is 0 Å². The predicted octanol–water partition coefficient (Wildman–Crippen LogP) is -0.325. The topological polar surface area (TPSA) is 52.7 Å². The third-order valence-corrected chi connectivity index (χ3v) is 2.62. The third-order valence-electron chi connectivity index (χ3n) is 2.62. The zero-order valence-electron chi connectivity index (χ0n) is 10.3. The molecule has 0 spiro atoms. The lowest BCUT2D eigenvalue weighted by molar-refractivity contribution is -0.137. The van der Waals surface area contributed by atoms with E-state index < -0.39 is 0 Å². The molecule has 0 unspecified atom stereocenters. The molecule has 2 amide bonds. The second-order valence-electron chi connectivity index (χ2n) is 4.58. The van der Waals surface area contributed by atoms with E-state index in [1.165, 1.54) is 0 Å². The van der Waals surface area contributed by atoms with Crippen LogP contribution in [0.2, 0.25) is 0 Å². The van der Waals surface area contributed by atoms with E-state index in [1.54, 1.807) is 4.90 Å². The first-order chi connectivity index (χ1) is 7.49. The third kappa shape index (κ3) is 4.18. The molecule has 0 saturated carbocycles. The Morgan fingerprint density at radius 1 is 1.19 bits per heavy atom. The molecule has 0 aromatic heterocycles. The van der Waals surface area contributed by atoms with Crippen LogP contribution in [0.5, 0.6) is 0 Å². The number of carbonyl (C=O) groups excluding carboxylic acids is 2. The van der Waals surface area contributed by atoms with Gasteiger partial charge in [-0.25, -0.2) is 0 Å². The summed E-state index contributed by atoms with van der Waals surface area (Å²) in [5, 5.41) is 2.72. The Labute approximate surface area is 96.8 Å². The summed E-state index contributed by atoms with van der Waals surface area (Å²) in [6, 6.07) is 0.0905. The SMILES string of the molecule is CC(C)NC(=O)CC(=O)N1CCN(C)CC1. The highest BCUT2D eigenvalue weighted by molar-refractivity contribution is 5.97. The average Bonchev–Trinajstić information content (AvgIpc) is 2.16. The number of likely N-dealkylation sites (N-methyl/N-ethyl adjacent to an activating group) is 1. The van der Waals surface area contributed by atoms with Crippen LogP contribution >= 0.6 is 0 Å². The van der Waals surface area contributed by atoms with Crippen LogP contribution in [0, 0.1) is 0 Å². The van der Waals surface area contributed by atoms with Crippen molar-refractivity contribution in [3.05, 3.63) is 0 Å². The largest absolute Gasteiger partial charge is 0.353 e. The molecule has 1 aliphatic heterocycles. The molecular formula is C11H21N3O2. The molecule has 0 aliphatic carbocycles. The maximum Gasteiger partial charge on any atom is 0.232 e. The summed E-state index contributed by atoms with van der Waals surface area (Å²) in [5.74, 6) is -0.245. The highest BCUT2D eigenvalue weighted by Crippen LogP contribution is 2.01. The van der Waals surface area contributed by atoms with Crippen LogP contribution in [0.1, 0.15) is 20.3 Å². The molecule has 1 rings (SSSR count). The van der Waals surface area contributed by atoms with E-state index in [0.717, 1.165) is 26.2 Å². The fraction of sp³-hybridized carbons (Fsp3) is 0.818. The first-order valence-corrected chi connectivity index (χ1v) is 5.74. The molecule has 1 aliphatic rings. The van der Waals surface area contributed by atoms with Gasteiger partial charge >= 0.3 is 0 Å². The molecule has 0 radical (unpaired) electrons. The molecule has 0 bridgehead atoms. The van der Waals surface area contributed by atoms with E-state index in [9.17, 15) is 9.59 Å². The van der Waals surface area contributed by atoms with E-state index in [1.807, 2.05) is 20.9 Å². The van der Waals surface area contributed by atoms with Crippen molar-refractivity contribution in [1.29, 1.82) is 0 Å². The molecule has 0 aromatic carbocycles. The van der Waals surface area contributed by atoms with Crippen molar-refractivity contribution < 1.29 is 9.59 Å². The summed E-state index contributed by atoms with van der Waals surface area (Å²) in [6.07, 6.45) is -0.0259. The Hall–Kier alpha value is -1.10. The Morgan fingerprint density at radius 3 is 2.25 bits per heavy atom. The molecule has 1 fully saturated rings. The van der Waals surface area contributed by atoms with Crippen LogP contribution in [-0.4, -0.2) is 60.9 Å². The monoisotopic (exact) mass is 227 g/mol. The van der Waals surface area contributed by atoms with Gasteiger partial charge in [0.05, 0.1) is 0 Å². The summed E-state index contributed by atoms with van der Waals surface area (Å²) < 4.78 is 0. The first-order valence-electron chi connectivity index (χ1n) is 5.74. The van der Waals surface area contributed by atoms with Crippen molar-refractivity contribution in [1.82, 2.24) is 15.1 Å². The van der Waals surface area contributed by atoms with Crippen molar-refractivity contribution in [3.63, 3.8) is 0 Å². The highest BCUT2D eigenvalue weighted by Gasteiger charge is 2.21. The molecule has 1 heterocycles. The number of hydrogen-bond donors (Lipinski definition) is 1. The Kier molecular flexibility index (Phi) is 4.73. The van der Waals surface area contributed by atoms with Gasteiger partial charge in [0.2, 0.25) is 11.8 Å². The van der Waals surface area contributed by atoms with Crippen LogP contribution in [0.4, 0.5) is 0 Å². The Balaban J connectivity index is 2.32. The molecular weight excluding hydrogens is 206 g/mol. The van der Waals surface area contributed by atoms with Crippen molar-refractivity contribution >= 4 is 11.8 Å². The number of rotatable bonds is 3. The van der Waals surface area contributed by atoms with E-state index >= 15 is 0 Å². The Bertz CT molecular complexity index is 258. The summed E-state index contributed by atoms with van der Waals surface area (Å²) in [7, 11) is 2.04. The van der Waals surface area contributed by atoms with Crippen LogP contribution in [0.3, 0.4) is 0 Å². The second kappa shape index (κ2) is 5.84. The van der Waals surface area contributed by atoms with Gasteiger partial charge in [0, 0.05) is 32.2 Å². The number of amides is 2. The van der Waals surface area contributed by atoms with Gasteiger partial charge in [-0.05, 0) is 20.9 Å². The Morgan fingerprint density at radius 2 is 1.75 bits per heavy atom. The molecule has 5 heteroatoms. The normalized spacial score (nSPS) is 17.6. The summed E-state index contributed by atoms with van der Waals surface area (Å²) >= 11 is 0. The highest BCUT2D eigenvalue weighted by atomic mass is 16.2. The van der Waals surface area contributed by atoms with Gasteiger partial charge in [0.15, 0.2) is 0 Å². The lowest BCUT2D eigenvalue weighted by Gasteiger charge is -2.32.